The van der Waals surface area contributed by atoms with Gasteiger partial charge in [0, 0.05) is 24.0 Å². The molecule has 1 saturated carbocycles. The van der Waals surface area contributed by atoms with E-state index in [2.05, 4.69) is 9.71 Å². The van der Waals surface area contributed by atoms with Crippen molar-refractivity contribution in [1.29, 1.82) is 0 Å². The summed E-state index contributed by atoms with van der Waals surface area (Å²) in [6.45, 7) is 0.457. The van der Waals surface area contributed by atoms with Crippen molar-refractivity contribution in [1.82, 2.24) is 9.71 Å². The van der Waals surface area contributed by atoms with Crippen molar-refractivity contribution in [2.75, 3.05) is 12.4 Å². The third kappa shape index (κ3) is 3.05. The Bertz CT molecular complexity index is 752. The lowest BCUT2D eigenvalue weighted by Gasteiger charge is -2.15. The first-order valence-electron chi connectivity index (χ1n) is 6.96. The summed E-state index contributed by atoms with van der Waals surface area (Å²) < 4.78 is 27.8. The first-order valence-corrected chi connectivity index (χ1v) is 8.98. The number of alkyl halides is 1. The van der Waals surface area contributed by atoms with Crippen LogP contribution in [0.15, 0.2) is 41.4 Å². The molecular formula is C15H17ClN2O2S. The Morgan fingerprint density at radius 1 is 1.24 bits per heavy atom. The molecule has 1 aromatic heterocycles. The van der Waals surface area contributed by atoms with Gasteiger partial charge in [0.15, 0.2) is 0 Å². The van der Waals surface area contributed by atoms with Crippen molar-refractivity contribution in [2.24, 2.45) is 5.41 Å². The second-order valence-electron chi connectivity index (χ2n) is 5.59. The van der Waals surface area contributed by atoms with Crippen molar-refractivity contribution >= 4 is 32.5 Å². The Morgan fingerprint density at radius 2 is 2.05 bits per heavy atom. The molecule has 0 amide bonds. The smallest absolute Gasteiger partial charge is 0.241 e. The molecule has 3 rings (SSSR count). The zero-order valence-corrected chi connectivity index (χ0v) is 13.1. The minimum absolute atomic E-state index is 0.0671. The van der Waals surface area contributed by atoms with Gasteiger partial charge in [-0.15, -0.1) is 11.6 Å². The molecule has 1 aliphatic carbocycles. The standard InChI is InChI=1S/C15H17ClN2O2S/c16-9-8-15(6-7-15)11-18-21(19,20)14-5-1-4-13-12(14)3-2-10-17-13/h1-5,10,18H,6-9,11H2. The van der Waals surface area contributed by atoms with E-state index in [1.54, 1.807) is 30.5 Å². The maximum absolute atomic E-state index is 12.6. The quantitative estimate of drug-likeness (QED) is 0.831. The molecule has 1 fully saturated rings. The maximum atomic E-state index is 12.6. The van der Waals surface area contributed by atoms with Gasteiger partial charge in [0.1, 0.15) is 0 Å². The van der Waals surface area contributed by atoms with Crippen LogP contribution < -0.4 is 4.72 Å². The number of hydrogen-bond donors (Lipinski definition) is 1. The van der Waals surface area contributed by atoms with Crippen molar-refractivity contribution in [2.45, 2.75) is 24.2 Å². The van der Waals surface area contributed by atoms with Gasteiger partial charge < -0.3 is 0 Å². The highest BCUT2D eigenvalue weighted by Crippen LogP contribution is 2.48. The Labute approximate surface area is 129 Å². The second-order valence-corrected chi connectivity index (χ2v) is 7.70. The van der Waals surface area contributed by atoms with Crippen LogP contribution in [0.4, 0.5) is 0 Å². The molecule has 1 heterocycles. The minimum atomic E-state index is -3.53. The molecule has 0 saturated heterocycles. The maximum Gasteiger partial charge on any atom is 0.241 e. The first kappa shape index (κ1) is 14.8. The molecule has 1 aromatic carbocycles. The molecule has 1 N–H and O–H groups in total. The third-order valence-corrected chi connectivity index (χ3v) is 5.76. The molecule has 4 nitrogen and oxygen atoms in total. The third-order valence-electron chi connectivity index (χ3n) is 4.11. The topological polar surface area (TPSA) is 59.1 Å². The monoisotopic (exact) mass is 324 g/mol. The lowest BCUT2D eigenvalue weighted by molar-refractivity contribution is 0.478. The molecule has 21 heavy (non-hydrogen) atoms. The second kappa shape index (κ2) is 5.55. The summed E-state index contributed by atoms with van der Waals surface area (Å²) in [7, 11) is -3.53. The number of fused-ring (bicyclic) bond motifs is 1. The summed E-state index contributed by atoms with van der Waals surface area (Å²) in [6, 6.07) is 8.67. The van der Waals surface area contributed by atoms with Crippen LogP contribution in [-0.2, 0) is 10.0 Å². The van der Waals surface area contributed by atoms with Gasteiger partial charge in [-0.1, -0.05) is 6.07 Å². The highest BCUT2D eigenvalue weighted by atomic mass is 35.5. The van der Waals surface area contributed by atoms with E-state index in [1.165, 1.54) is 0 Å². The fraction of sp³-hybridized carbons (Fsp3) is 0.400. The molecule has 0 spiro atoms. The predicted octanol–water partition coefficient (Wildman–Crippen LogP) is 2.92. The van der Waals surface area contributed by atoms with Gasteiger partial charge >= 0.3 is 0 Å². The van der Waals surface area contributed by atoms with E-state index < -0.39 is 10.0 Å². The van der Waals surface area contributed by atoms with Gasteiger partial charge in [0.05, 0.1) is 10.4 Å². The van der Waals surface area contributed by atoms with Crippen molar-refractivity contribution in [3.8, 4) is 0 Å². The summed E-state index contributed by atoms with van der Waals surface area (Å²) >= 11 is 5.79. The number of nitrogens with one attached hydrogen (secondary N) is 1. The van der Waals surface area contributed by atoms with Gasteiger partial charge in [-0.3, -0.25) is 4.98 Å². The molecule has 1 aliphatic rings. The lowest BCUT2D eigenvalue weighted by Crippen LogP contribution is -2.30. The van der Waals surface area contributed by atoms with Gasteiger partial charge in [-0.2, -0.15) is 0 Å². The zero-order valence-electron chi connectivity index (χ0n) is 11.5. The Balaban J connectivity index is 1.87. The molecule has 0 unspecified atom stereocenters. The molecule has 0 atom stereocenters. The van der Waals surface area contributed by atoms with Crippen LogP contribution in [0.3, 0.4) is 0 Å². The molecule has 0 aliphatic heterocycles. The van der Waals surface area contributed by atoms with Crippen molar-refractivity contribution < 1.29 is 8.42 Å². The largest absolute Gasteiger partial charge is 0.256 e. The molecule has 2 aromatic rings. The number of halogens is 1. The van der Waals surface area contributed by atoms with Crippen LogP contribution in [0.25, 0.3) is 10.9 Å². The van der Waals surface area contributed by atoms with Crippen LogP contribution in [0.2, 0.25) is 0 Å². The van der Waals surface area contributed by atoms with Crippen LogP contribution in [-0.4, -0.2) is 25.8 Å². The Kier molecular flexibility index (Phi) is 3.90. The van der Waals surface area contributed by atoms with E-state index in [4.69, 9.17) is 11.6 Å². The average Bonchev–Trinajstić information content (AvgIpc) is 3.25. The number of rotatable bonds is 6. The number of benzene rings is 1. The molecule has 0 radical (unpaired) electrons. The lowest BCUT2D eigenvalue weighted by atomic mass is 10.1. The van der Waals surface area contributed by atoms with Gasteiger partial charge in [-0.25, -0.2) is 13.1 Å². The summed E-state index contributed by atoms with van der Waals surface area (Å²) in [5.74, 6) is 0.569. The number of nitrogens with zero attached hydrogens (tertiary/aromatic N) is 1. The van der Waals surface area contributed by atoms with E-state index in [1.807, 2.05) is 6.07 Å². The van der Waals surface area contributed by atoms with E-state index in [9.17, 15) is 8.42 Å². The van der Waals surface area contributed by atoms with E-state index >= 15 is 0 Å². The molecule has 6 heteroatoms. The first-order chi connectivity index (χ1) is 10.1. The Hall–Kier alpha value is -1.17. The van der Waals surface area contributed by atoms with E-state index in [0.29, 0.717) is 23.3 Å². The zero-order chi connectivity index (χ0) is 14.9. The number of pyridine rings is 1. The fourth-order valence-electron chi connectivity index (χ4n) is 2.53. The van der Waals surface area contributed by atoms with E-state index in [-0.39, 0.29) is 10.3 Å². The SMILES string of the molecule is O=S(=O)(NCC1(CCCl)CC1)c1cccc2ncccc12. The normalized spacial score (nSPS) is 17.0. The summed E-state index contributed by atoms with van der Waals surface area (Å²) in [4.78, 5) is 4.48. The van der Waals surface area contributed by atoms with Crippen LogP contribution in [0, 0.1) is 5.41 Å². The van der Waals surface area contributed by atoms with Crippen molar-refractivity contribution in [3.05, 3.63) is 36.5 Å². The average molecular weight is 325 g/mol. The highest BCUT2D eigenvalue weighted by Gasteiger charge is 2.42. The highest BCUT2D eigenvalue weighted by molar-refractivity contribution is 7.89. The molecule has 0 bridgehead atoms. The van der Waals surface area contributed by atoms with Crippen LogP contribution in [0.1, 0.15) is 19.3 Å². The Morgan fingerprint density at radius 3 is 2.76 bits per heavy atom. The molecular weight excluding hydrogens is 308 g/mol. The van der Waals surface area contributed by atoms with E-state index in [0.717, 1.165) is 19.3 Å². The van der Waals surface area contributed by atoms with Gasteiger partial charge in [0.2, 0.25) is 10.0 Å². The summed E-state index contributed by atoms with van der Waals surface area (Å²) in [5.41, 5.74) is 0.750. The van der Waals surface area contributed by atoms with Crippen LogP contribution in [0.5, 0.6) is 0 Å². The van der Waals surface area contributed by atoms with Gasteiger partial charge in [0.25, 0.3) is 0 Å². The minimum Gasteiger partial charge on any atom is -0.256 e. The van der Waals surface area contributed by atoms with Gasteiger partial charge in [-0.05, 0) is 48.9 Å². The number of sulfonamides is 1. The number of aromatic nitrogens is 1. The van der Waals surface area contributed by atoms with Crippen molar-refractivity contribution in [3.63, 3.8) is 0 Å². The summed E-state index contributed by atoms with van der Waals surface area (Å²) in [6.07, 6.45) is 4.60. The fourth-order valence-corrected chi connectivity index (χ4v) is 4.30. The molecule has 112 valence electrons. The van der Waals surface area contributed by atoms with Crippen LogP contribution >= 0.6 is 11.6 Å². The predicted molar refractivity (Wildman–Crippen MR) is 83.9 cm³/mol. The number of hydrogen-bond acceptors (Lipinski definition) is 3. The summed E-state index contributed by atoms with van der Waals surface area (Å²) in [5, 5.41) is 0.648.